The maximum Gasteiger partial charge on any atom is 0.336 e. The first-order valence-electron chi connectivity index (χ1n) is 5.68. The van der Waals surface area contributed by atoms with Crippen molar-refractivity contribution >= 4 is 11.9 Å². The van der Waals surface area contributed by atoms with Crippen LogP contribution < -0.4 is 0 Å². The summed E-state index contributed by atoms with van der Waals surface area (Å²) in [4.78, 5) is 22.7. The van der Waals surface area contributed by atoms with E-state index in [1.165, 1.54) is 0 Å². The Morgan fingerprint density at radius 3 is 2.44 bits per heavy atom. The van der Waals surface area contributed by atoms with Gasteiger partial charge in [0, 0.05) is 0 Å². The number of benzene rings is 1. The molecule has 1 aromatic carbocycles. The average Bonchev–Trinajstić information content (AvgIpc) is 2.37. The normalized spacial score (nSPS) is 9.61. The van der Waals surface area contributed by atoms with Crippen molar-refractivity contribution in [2.24, 2.45) is 0 Å². The molecule has 0 saturated heterocycles. The molecule has 0 aliphatic carbocycles. The Bertz CT molecular complexity index is 423. The summed E-state index contributed by atoms with van der Waals surface area (Å²) in [6, 6.07) is 9.24. The molecule has 4 heteroatoms. The van der Waals surface area contributed by atoms with Gasteiger partial charge < -0.3 is 9.47 Å². The molecule has 0 atom stereocenters. The number of carbonyl (C=O) groups is 2. The van der Waals surface area contributed by atoms with Crippen molar-refractivity contribution in [3.8, 4) is 0 Å². The zero-order chi connectivity index (χ0) is 13.4. The third-order valence-electron chi connectivity index (χ3n) is 2.16. The number of hydrogen-bond donors (Lipinski definition) is 0. The van der Waals surface area contributed by atoms with E-state index in [0.29, 0.717) is 0 Å². The first-order chi connectivity index (χ1) is 8.63. The van der Waals surface area contributed by atoms with Gasteiger partial charge in [0.25, 0.3) is 0 Å². The Labute approximate surface area is 106 Å². The Hall–Kier alpha value is -2.10. The molecule has 1 rings (SSSR count). The van der Waals surface area contributed by atoms with Crippen molar-refractivity contribution < 1.29 is 19.1 Å². The first kappa shape index (κ1) is 14.0. The van der Waals surface area contributed by atoms with Gasteiger partial charge in [0.1, 0.15) is 6.61 Å². The zero-order valence-electron chi connectivity index (χ0n) is 10.3. The second-order valence-electron chi connectivity index (χ2n) is 3.65. The SMILES string of the molecule is C=C(COC(=O)Cc1ccccc1)C(=O)OCC. The van der Waals surface area contributed by atoms with Crippen LogP contribution in [0, 0.1) is 0 Å². The Morgan fingerprint density at radius 1 is 1.17 bits per heavy atom. The van der Waals surface area contributed by atoms with Gasteiger partial charge in [-0.2, -0.15) is 0 Å². The van der Waals surface area contributed by atoms with Gasteiger partial charge in [-0.25, -0.2) is 4.79 Å². The molecule has 0 aliphatic heterocycles. The molecular weight excluding hydrogens is 232 g/mol. The fraction of sp³-hybridized carbons (Fsp3) is 0.286. The van der Waals surface area contributed by atoms with Gasteiger partial charge in [-0.05, 0) is 12.5 Å². The molecule has 0 unspecified atom stereocenters. The third kappa shape index (κ3) is 4.82. The smallest absolute Gasteiger partial charge is 0.336 e. The predicted octanol–water partition coefficient (Wildman–Crippen LogP) is 1.89. The number of rotatable bonds is 6. The van der Waals surface area contributed by atoms with Gasteiger partial charge in [-0.1, -0.05) is 36.9 Å². The van der Waals surface area contributed by atoms with Crippen LogP contribution in [0.25, 0.3) is 0 Å². The molecule has 0 aliphatic rings. The van der Waals surface area contributed by atoms with E-state index in [0.717, 1.165) is 5.56 Å². The Kier molecular flexibility index (Phi) is 5.64. The van der Waals surface area contributed by atoms with Crippen LogP contribution in [-0.2, 0) is 25.5 Å². The fourth-order valence-corrected chi connectivity index (χ4v) is 1.27. The highest BCUT2D eigenvalue weighted by atomic mass is 16.5. The minimum Gasteiger partial charge on any atom is -0.463 e. The van der Waals surface area contributed by atoms with Gasteiger partial charge >= 0.3 is 11.9 Å². The van der Waals surface area contributed by atoms with Crippen molar-refractivity contribution in [3.63, 3.8) is 0 Å². The Morgan fingerprint density at radius 2 is 1.83 bits per heavy atom. The summed E-state index contributed by atoms with van der Waals surface area (Å²) in [5, 5.41) is 0. The van der Waals surface area contributed by atoms with Crippen molar-refractivity contribution in [2.45, 2.75) is 13.3 Å². The highest BCUT2D eigenvalue weighted by Gasteiger charge is 2.11. The van der Waals surface area contributed by atoms with Gasteiger partial charge in [-0.3, -0.25) is 4.79 Å². The summed E-state index contributed by atoms with van der Waals surface area (Å²) in [7, 11) is 0. The van der Waals surface area contributed by atoms with E-state index in [9.17, 15) is 9.59 Å². The summed E-state index contributed by atoms with van der Waals surface area (Å²) < 4.78 is 9.66. The monoisotopic (exact) mass is 248 g/mol. The highest BCUT2D eigenvalue weighted by molar-refractivity contribution is 5.88. The van der Waals surface area contributed by atoms with Crippen LogP contribution >= 0.6 is 0 Å². The van der Waals surface area contributed by atoms with Crippen molar-refractivity contribution in [1.82, 2.24) is 0 Å². The van der Waals surface area contributed by atoms with E-state index in [1.807, 2.05) is 30.3 Å². The second-order valence-corrected chi connectivity index (χ2v) is 3.65. The highest BCUT2D eigenvalue weighted by Crippen LogP contribution is 2.02. The summed E-state index contributed by atoms with van der Waals surface area (Å²) >= 11 is 0. The molecule has 0 spiro atoms. The van der Waals surface area contributed by atoms with Crippen molar-refractivity contribution in [3.05, 3.63) is 48.0 Å². The van der Waals surface area contributed by atoms with Crippen LogP contribution in [-0.4, -0.2) is 25.2 Å². The fourth-order valence-electron chi connectivity index (χ4n) is 1.27. The van der Waals surface area contributed by atoms with Crippen LogP contribution in [0.15, 0.2) is 42.5 Å². The quantitative estimate of drug-likeness (QED) is 0.570. The molecular formula is C14H16O4. The van der Waals surface area contributed by atoms with Crippen LogP contribution in [0.2, 0.25) is 0 Å². The Balaban J connectivity index is 2.33. The molecule has 96 valence electrons. The topological polar surface area (TPSA) is 52.6 Å². The lowest BCUT2D eigenvalue weighted by atomic mass is 10.2. The molecule has 1 aromatic rings. The lowest BCUT2D eigenvalue weighted by Crippen LogP contribution is -2.15. The van der Waals surface area contributed by atoms with Gasteiger partial charge in [-0.15, -0.1) is 0 Å². The van der Waals surface area contributed by atoms with Crippen LogP contribution in [0.4, 0.5) is 0 Å². The molecule has 0 aromatic heterocycles. The van der Waals surface area contributed by atoms with E-state index in [4.69, 9.17) is 9.47 Å². The van der Waals surface area contributed by atoms with Crippen molar-refractivity contribution in [2.75, 3.05) is 13.2 Å². The average molecular weight is 248 g/mol. The lowest BCUT2D eigenvalue weighted by molar-refractivity contribution is -0.144. The summed E-state index contributed by atoms with van der Waals surface area (Å²) in [5.74, 6) is -0.934. The molecule has 0 bridgehead atoms. The summed E-state index contributed by atoms with van der Waals surface area (Å²) in [5.41, 5.74) is 1.00. The largest absolute Gasteiger partial charge is 0.463 e. The second kappa shape index (κ2) is 7.27. The predicted molar refractivity (Wildman–Crippen MR) is 66.9 cm³/mol. The van der Waals surface area contributed by atoms with Gasteiger partial charge in [0.05, 0.1) is 18.6 Å². The van der Waals surface area contributed by atoms with Gasteiger partial charge in [0.15, 0.2) is 0 Å². The molecule has 4 nitrogen and oxygen atoms in total. The third-order valence-corrected chi connectivity index (χ3v) is 2.16. The van der Waals surface area contributed by atoms with Crippen LogP contribution in [0.3, 0.4) is 0 Å². The minimum absolute atomic E-state index is 0.134. The van der Waals surface area contributed by atoms with Crippen molar-refractivity contribution in [1.29, 1.82) is 0 Å². The van der Waals surface area contributed by atoms with Crippen LogP contribution in [0.1, 0.15) is 12.5 Å². The number of carbonyl (C=O) groups excluding carboxylic acids is 2. The number of esters is 2. The van der Waals surface area contributed by atoms with Crippen LogP contribution in [0.5, 0.6) is 0 Å². The van der Waals surface area contributed by atoms with E-state index >= 15 is 0 Å². The number of ether oxygens (including phenoxy) is 2. The van der Waals surface area contributed by atoms with E-state index in [2.05, 4.69) is 6.58 Å². The molecule has 0 amide bonds. The summed E-state index contributed by atoms with van der Waals surface area (Å²) in [6.45, 7) is 5.34. The maximum atomic E-state index is 11.5. The molecule has 0 saturated carbocycles. The zero-order valence-corrected chi connectivity index (χ0v) is 10.3. The van der Waals surface area contributed by atoms with E-state index in [1.54, 1.807) is 6.92 Å². The molecule has 0 N–H and O–H groups in total. The first-order valence-corrected chi connectivity index (χ1v) is 5.68. The minimum atomic E-state index is -0.537. The molecule has 0 fully saturated rings. The summed E-state index contributed by atoms with van der Waals surface area (Å²) in [6.07, 6.45) is 0.178. The molecule has 0 radical (unpaired) electrons. The van der Waals surface area contributed by atoms with E-state index in [-0.39, 0.29) is 25.2 Å². The number of hydrogen-bond acceptors (Lipinski definition) is 4. The van der Waals surface area contributed by atoms with Gasteiger partial charge in [0.2, 0.25) is 0 Å². The standard InChI is InChI=1S/C14H16O4/c1-3-17-14(16)11(2)10-18-13(15)9-12-7-5-4-6-8-12/h4-8H,2-3,9-10H2,1H3. The maximum absolute atomic E-state index is 11.5. The van der Waals surface area contributed by atoms with E-state index < -0.39 is 11.9 Å². The molecule has 18 heavy (non-hydrogen) atoms. The molecule has 0 heterocycles. The lowest BCUT2D eigenvalue weighted by Gasteiger charge is -2.07.